The third-order valence-corrected chi connectivity index (χ3v) is 2.33. The van der Waals surface area contributed by atoms with Gasteiger partial charge >= 0.3 is 0 Å². The fourth-order valence-corrected chi connectivity index (χ4v) is 1.44. The Morgan fingerprint density at radius 2 is 1.71 bits per heavy atom. The standard InChI is InChI=1S/C10H9F2N3O2/c1-15-7(13)2-4(14-15)8-9(11)5(16)3-6(17)10(8)12/h2-3,16-17H,13H2,1H3. The predicted octanol–water partition coefficient (Wildman–Crippen LogP) is 1.36. The molecule has 0 atom stereocenters. The molecule has 0 aliphatic carbocycles. The number of phenolic OH excluding ortho intramolecular Hbond substituents is 2. The van der Waals surface area contributed by atoms with E-state index in [-0.39, 0.29) is 11.5 Å². The van der Waals surface area contributed by atoms with E-state index in [0.717, 1.165) is 0 Å². The van der Waals surface area contributed by atoms with Gasteiger partial charge < -0.3 is 15.9 Å². The van der Waals surface area contributed by atoms with E-state index in [4.69, 9.17) is 5.73 Å². The van der Waals surface area contributed by atoms with E-state index in [1.54, 1.807) is 0 Å². The van der Waals surface area contributed by atoms with Crippen molar-refractivity contribution >= 4 is 5.82 Å². The maximum atomic E-state index is 13.6. The monoisotopic (exact) mass is 241 g/mol. The number of benzene rings is 1. The topological polar surface area (TPSA) is 84.3 Å². The number of hydrogen-bond acceptors (Lipinski definition) is 4. The minimum Gasteiger partial charge on any atom is -0.505 e. The molecule has 7 heteroatoms. The molecular formula is C10H9F2N3O2. The van der Waals surface area contributed by atoms with Crippen molar-refractivity contribution in [2.24, 2.45) is 7.05 Å². The van der Waals surface area contributed by atoms with Crippen LogP contribution in [0.4, 0.5) is 14.6 Å². The smallest absolute Gasteiger partial charge is 0.177 e. The molecule has 5 nitrogen and oxygen atoms in total. The Labute approximate surface area is 94.7 Å². The van der Waals surface area contributed by atoms with Crippen molar-refractivity contribution < 1.29 is 19.0 Å². The van der Waals surface area contributed by atoms with Crippen LogP contribution < -0.4 is 5.73 Å². The average Bonchev–Trinajstić information content (AvgIpc) is 2.57. The minimum atomic E-state index is -1.20. The summed E-state index contributed by atoms with van der Waals surface area (Å²) in [6.45, 7) is 0. The van der Waals surface area contributed by atoms with Crippen LogP contribution in [-0.2, 0) is 7.05 Å². The Bertz CT molecular complexity index is 550. The molecule has 4 N–H and O–H groups in total. The van der Waals surface area contributed by atoms with Gasteiger partial charge in [0.1, 0.15) is 11.5 Å². The number of rotatable bonds is 1. The van der Waals surface area contributed by atoms with Crippen LogP contribution in [0.25, 0.3) is 11.3 Å². The zero-order valence-electron chi connectivity index (χ0n) is 8.78. The maximum absolute atomic E-state index is 13.6. The van der Waals surface area contributed by atoms with E-state index in [1.807, 2.05) is 0 Å². The number of nitrogens with zero attached hydrogens (tertiary/aromatic N) is 2. The average molecular weight is 241 g/mol. The third kappa shape index (κ3) is 1.65. The van der Waals surface area contributed by atoms with E-state index in [2.05, 4.69) is 5.10 Å². The molecule has 0 unspecified atom stereocenters. The quantitative estimate of drug-likeness (QED) is 0.703. The van der Waals surface area contributed by atoms with E-state index in [1.165, 1.54) is 17.8 Å². The number of nitrogen functional groups attached to an aromatic ring is 1. The van der Waals surface area contributed by atoms with Crippen molar-refractivity contribution in [2.45, 2.75) is 0 Å². The number of phenols is 2. The van der Waals surface area contributed by atoms with E-state index in [0.29, 0.717) is 6.07 Å². The molecule has 1 aromatic carbocycles. The summed E-state index contributed by atoms with van der Waals surface area (Å²) in [5.74, 6) is -3.91. The van der Waals surface area contributed by atoms with Crippen LogP contribution in [-0.4, -0.2) is 20.0 Å². The van der Waals surface area contributed by atoms with E-state index >= 15 is 0 Å². The van der Waals surface area contributed by atoms with Crippen molar-refractivity contribution in [3.05, 3.63) is 23.8 Å². The molecule has 1 heterocycles. The second-order valence-corrected chi connectivity index (χ2v) is 3.50. The van der Waals surface area contributed by atoms with Gasteiger partial charge in [-0.15, -0.1) is 0 Å². The molecular weight excluding hydrogens is 232 g/mol. The molecule has 0 aliphatic rings. The molecule has 0 aliphatic heterocycles. The lowest BCUT2D eigenvalue weighted by Gasteiger charge is -2.05. The van der Waals surface area contributed by atoms with Crippen LogP contribution in [0.1, 0.15) is 0 Å². The molecule has 0 saturated carbocycles. The van der Waals surface area contributed by atoms with E-state index < -0.39 is 28.7 Å². The summed E-state index contributed by atoms with van der Waals surface area (Å²) < 4.78 is 28.4. The van der Waals surface area contributed by atoms with Gasteiger partial charge in [-0.2, -0.15) is 5.10 Å². The fourth-order valence-electron chi connectivity index (χ4n) is 1.44. The minimum absolute atomic E-state index is 0.105. The van der Waals surface area contributed by atoms with Crippen LogP contribution in [0.5, 0.6) is 11.5 Å². The molecule has 0 saturated heterocycles. The highest BCUT2D eigenvalue weighted by atomic mass is 19.1. The van der Waals surface area contributed by atoms with Gasteiger partial charge in [0.2, 0.25) is 0 Å². The number of hydrogen-bond donors (Lipinski definition) is 3. The molecule has 1 aromatic heterocycles. The number of anilines is 1. The van der Waals surface area contributed by atoms with E-state index in [9.17, 15) is 19.0 Å². The number of aromatic hydroxyl groups is 2. The summed E-state index contributed by atoms with van der Waals surface area (Å²) in [5.41, 5.74) is 4.76. The Kier molecular flexibility index (Phi) is 2.38. The lowest BCUT2D eigenvalue weighted by Crippen LogP contribution is -1.97. The number of aryl methyl sites for hydroxylation is 1. The molecule has 2 aromatic rings. The SMILES string of the molecule is Cn1nc(-c2c(F)c(O)cc(O)c2F)cc1N. The van der Waals surface area contributed by atoms with Crippen molar-refractivity contribution in [1.29, 1.82) is 0 Å². The second kappa shape index (κ2) is 3.62. The van der Waals surface area contributed by atoms with Gasteiger partial charge in [0.15, 0.2) is 23.1 Å². The van der Waals surface area contributed by atoms with Crippen LogP contribution in [0.2, 0.25) is 0 Å². The summed E-state index contributed by atoms with van der Waals surface area (Å²) in [6.07, 6.45) is 0. The summed E-state index contributed by atoms with van der Waals surface area (Å²) in [4.78, 5) is 0. The summed E-state index contributed by atoms with van der Waals surface area (Å²) in [5, 5.41) is 22.1. The van der Waals surface area contributed by atoms with Gasteiger partial charge in [0, 0.05) is 19.2 Å². The predicted molar refractivity (Wildman–Crippen MR) is 56.3 cm³/mol. The highest BCUT2D eigenvalue weighted by Crippen LogP contribution is 2.36. The van der Waals surface area contributed by atoms with Gasteiger partial charge in [-0.05, 0) is 0 Å². The van der Waals surface area contributed by atoms with Crippen molar-refractivity contribution in [2.75, 3.05) is 5.73 Å². The maximum Gasteiger partial charge on any atom is 0.177 e. The normalized spacial score (nSPS) is 10.8. The highest BCUT2D eigenvalue weighted by Gasteiger charge is 2.22. The summed E-state index contributed by atoms with van der Waals surface area (Å²) >= 11 is 0. The molecule has 0 radical (unpaired) electrons. The first-order valence-electron chi connectivity index (χ1n) is 4.61. The molecule has 0 amide bonds. The first-order chi connectivity index (χ1) is 7.91. The van der Waals surface area contributed by atoms with Crippen LogP contribution in [0.15, 0.2) is 12.1 Å². The Morgan fingerprint density at radius 3 is 2.12 bits per heavy atom. The molecule has 2 rings (SSSR count). The lowest BCUT2D eigenvalue weighted by atomic mass is 10.1. The highest BCUT2D eigenvalue weighted by molar-refractivity contribution is 5.67. The van der Waals surface area contributed by atoms with Gasteiger partial charge in [-0.25, -0.2) is 8.78 Å². The Balaban J connectivity index is 2.74. The Hall–Kier alpha value is -2.31. The number of nitrogens with two attached hydrogens (primary N) is 1. The van der Waals surface area contributed by atoms with Crippen molar-refractivity contribution in [3.63, 3.8) is 0 Å². The first-order valence-corrected chi connectivity index (χ1v) is 4.61. The summed E-state index contributed by atoms with van der Waals surface area (Å²) in [7, 11) is 1.50. The molecule has 17 heavy (non-hydrogen) atoms. The van der Waals surface area contributed by atoms with Crippen LogP contribution in [0.3, 0.4) is 0 Å². The lowest BCUT2D eigenvalue weighted by molar-refractivity contribution is 0.399. The molecule has 90 valence electrons. The van der Waals surface area contributed by atoms with Gasteiger partial charge in [0.25, 0.3) is 0 Å². The molecule has 0 spiro atoms. The molecule has 0 fully saturated rings. The van der Waals surface area contributed by atoms with Gasteiger partial charge in [0.05, 0.1) is 5.56 Å². The molecule has 0 bridgehead atoms. The zero-order valence-corrected chi connectivity index (χ0v) is 8.78. The number of aromatic nitrogens is 2. The van der Waals surface area contributed by atoms with Crippen molar-refractivity contribution in [1.82, 2.24) is 9.78 Å². The van der Waals surface area contributed by atoms with Crippen LogP contribution >= 0.6 is 0 Å². The second-order valence-electron chi connectivity index (χ2n) is 3.50. The third-order valence-electron chi connectivity index (χ3n) is 2.33. The number of halogens is 2. The Morgan fingerprint density at radius 1 is 1.18 bits per heavy atom. The summed E-state index contributed by atoms with van der Waals surface area (Å²) in [6, 6.07) is 1.82. The zero-order chi connectivity index (χ0) is 12.7. The van der Waals surface area contributed by atoms with Gasteiger partial charge in [-0.3, -0.25) is 4.68 Å². The van der Waals surface area contributed by atoms with Gasteiger partial charge in [-0.1, -0.05) is 0 Å². The fraction of sp³-hybridized carbons (Fsp3) is 0.100. The van der Waals surface area contributed by atoms with Crippen LogP contribution in [0, 0.1) is 11.6 Å². The van der Waals surface area contributed by atoms with Crippen molar-refractivity contribution in [3.8, 4) is 22.8 Å². The first kappa shape index (κ1) is 11.2. The largest absolute Gasteiger partial charge is 0.505 e.